The summed E-state index contributed by atoms with van der Waals surface area (Å²) >= 11 is 0. The standard InChI is InChI=1S/C16H27N3O2/c1-17-10-14-5-3-9-19(14)16(21)13-4-2-8-18(11-13)15(20)12-6-7-12/h12-14,17H,2-11H2,1H3. The maximum Gasteiger partial charge on any atom is 0.227 e. The predicted molar refractivity (Wildman–Crippen MR) is 80.7 cm³/mol. The van der Waals surface area contributed by atoms with Crippen LogP contribution in [0, 0.1) is 11.8 Å². The van der Waals surface area contributed by atoms with Gasteiger partial charge in [0.05, 0.1) is 5.92 Å². The Morgan fingerprint density at radius 1 is 1.00 bits per heavy atom. The summed E-state index contributed by atoms with van der Waals surface area (Å²) in [6.45, 7) is 3.26. The Morgan fingerprint density at radius 2 is 1.76 bits per heavy atom. The van der Waals surface area contributed by atoms with E-state index in [1.165, 1.54) is 0 Å². The first-order chi connectivity index (χ1) is 10.2. The quantitative estimate of drug-likeness (QED) is 0.836. The monoisotopic (exact) mass is 293 g/mol. The summed E-state index contributed by atoms with van der Waals surface area (Å²) in [6, 6.07) is 0.344. The highest BCUT2D eigenvalue weighted by atomic mass is 16.2. The largest absolute Gasteiger partial charge is 0.342 e. The molecule has 2 heterocycles. The molecule has 0 bridgehead atoms. The summed E-state index contributed by atoms with van der Waals surface area (Å²) in [5.41, 5.74) is 0. The summed E-state index contributed by atoms with van der Waals surface area (Å²) in [6.07, 6.45) is 6.21. The second kappa shape index (κ2) is 6.34. The molecule has 2 atom stereocenters. The zero-order chi connectivity index (χ0) is 14.8. The van der Waals surface area contributed by atoms with Crippen LogP contribution in [-0.4, -0.2) is 60.9 Å². The summed E-state index contributed by atoms with van der Waals surface area (Å²) < 4.78 is 0. The third-order valence-corrected chi connectivity index (χ3v) is 5.11. The number of likely N-dealkylation sites (tertiary alicyclic amines) is 2. The Morgan fingerprint density at radius 3 is 2.48 bits per heavy atom. The van der Waals surface area contributed by atoms with Crippen LogP contribution in [-0.2, 0) is 9.59 Å². The number of nitrogens with zero attached hydrogens (tertiary/aromatic N) is 2. The molecular weight excluding hydrogens is 266 g/mol. The molecule has 5 heteroatoms. The number of likely N-dealkylation sites (N-methyl/N-ethyl adjacent to an activating group) is 1. The van der Waals surface area contributed by atoms with Crippen molar-refractivity contribution in [1.29, 1.82) is 0 Å². The van der Waals surface area contributed by atoms with Crippen LogP contribution in [0.2, 0.25) is 0 Å². The Bertz CT molecular complexity index is 408. The first kappa shape index (κ1) is 14.8. The van der Waals surface area contributed by atoms with Crippen LogP contribution in [0.1, 0.15) is 38.5 Å². The topological polar surface area (TPSA) is 52.7 Å². The van der Waals surface area contributed by atoms with Gasteiger partial charge in [-0.2, -0.15) is 0 Å². The molecule has 3 fully saturated rings. The van der Waals surface area contributed by atoms with Gasteiger partial charge in [-0.25, -0.2) is 0 Å². The fraction of sp³-hybridized carbons (Fsp3) is 0.875. The second-order valence-corrected chi connectivity index (χ2v) is 6.78. The van der Waals surface area contributed by atoms with Crippen LogP contribution in [0.3, 0.4) is 0 Å². The van der Waals surface area contributed by atoms with E-state index in [1.54, 1.807) is 0 Å². The van der Waals surface area contributed by atoms with Crippen LogP contribution < -0.4 is 5.32 Å². The van der Waals surface area contributed by atoms with E-state index in [0.717, 1.165) is 58.2 Å². The summed E-state index contributed by atoms with van der Waals surface area (Å²) in [5.74, 6) is 0.864. The van der Waals surface area contributed by atoms with Crippen molar-refractivity contribution in [3.8, 4) is 0 Å². The smallest absolute Gasteiger partial charge is 0.227 e. The molecule has 21 heavy (non-hydrogen) atoms. The fourth-order valence-electron chi connectivity index (χ4n) is 3.78. The van der Waals surface area contributed by atoms with Gasteiger partial charge in [-0.05, 0) is 45.6 Å². The number of carbonyl (C=O) groups is 2. The van der Waals surface area contributed by atoms with E-state index in [4.69, 9.17) is 0 Å². The van der Waals surface area contributed by atoms with E-state index in [1.807, 2.05) is 11.9 Å². The number of amides is 2. The number of carbonyl (C=O) groups excluding carboxylic acids is 2. The van der Waals surface area contributed by atoms with E-state index >= 15 is 0 Å². The lowest BCUT2D eigenvalue weighted by Crippen LogP contribution is -2.49. The Kier molecular flexibility index (Phi) is 4.48. The Labute approximate surface area is 127 Å². The van der Waals surface area contributed by atoms with Gasteiger partial charge in [0.1, 0.15) is 0 Å². The molecule has 1 aliphatic carbocycles. The molecule has 1 saturated carbocycles. The van der Waals surface area contributed by atoms with Gasteiger partial charge in [0.2, 0.25) is 11.8 Å². The third-order valence-electron chi connectivity index (χ3n) is 5.11. The van der Waals surface area contributed by atoms with Gasteiger partial charge in [0, 0.05) is 38.1 Å². The van der Waals surface area contributed by atoms with Crippen molar-refractivity contribution < 1.29 is 9.59 Å². The lowest BCUT2D eigenvalue weighted by molar-refractivity contribution is -0.142. The molecule has 0 aromatic heterocycles. The molecule has 0 aromatic carbocycles. The number of hydrogen-bond acceptors (Lipinski definition) is 3. The van der Waals surface area contributed by atoms with E-state index in [-0.39, 0.29) is 17.7 Å². The van der Waals surface area contributed by atoms with E-state index < -0.39 is 0 Å². The van der Waals surface area contributed by atoms with Gasteiger partial charge >= 0.3 is 0 Å². The van der Waals surface area contributed by atoms with Crippen LogP contribution in [0.4, 0.5) is 0 Å². The molecule has 0 aromatic rings. The highest BCUT2D eigenvalue weighted by molar-refractivity contribution is 5.83. The number of nitrogens with one attached hydrogen (secondary N) is 1. The molecule has 1 N–H and O–H groups in total. The van der Waals surface area contributed by atoms with E-state index in [2.05, 4.69) is 10.2 Å². The molecule has 5 nitrogen and oxygen atoms in total. The van der Waals surface area contributed by atoms with Crippen molar-refractivity contribution in [1.82, 2.24) is 15.1 Å². The van der Waals surface area contributed by atoms with Gasteiger partial charge in [-0.15, -0.1) is 0 Å². The van der Waals surface area contributed by atoms with E-state index in [0.29, 0.717) is 18.5 Å². The number of hydrogen-bond donors (Lipinski definition) is 1. The van der Waals surface area contributed by atoms with Crippen molar-refractivity contribution in [3.63, 3.8) is 0 Å². The molecular formula is C16H27N3O2. The average Bonchev–Trinajstić information content (AvgIpc) is 3.26. The fourth-order valence-corrected chi connectivity index (χ4v) is 3.78. The van der Waals surface area contributed by atoms with Crippen LogP contribution >= 0.6 is 0 Å². The van der Waals surface area contributed by atoms with Gasteiger partial charge in [0.15, 0.2) is 0 Å². The Balaban J connectivity index is 1.59. The molecule has 118 valence electrons. The summed E-state index contributed by atoms with van der Waals surface area (Å²) in [4.78, 5) is 29.0. The average molecular weight is 293 g/mol. The first-order valence-electron chi connectivity index (χ1n) is 8.44. The van der Waals surface area contributed by atoms with Gasteiger partial charge in [-0.1, -0.05) is 0 Å². The van der Waals surface area contributed by atoms with Crippen molar-refractivity contribution in [2.75, 3.05) is 33.2 Å². The maximum absolute atomic E-state index is 12.8. The minimum Gasteiger partial charge on any atom is -0.342 e. The molecule has 2 saturated heterocycles. The third kappa shape index (κ3) is 3.23. The van der Waals surface area contributed by atoms with Crippen LogP contribution in [0.5, 0.6) is 0 Å². The van der Waals surface area contributed by atoms with Crippen molar-refractivity contribution in [2.45, 2.75) is 44.6 Å². The number of piperidine rings is 1. The van der Waals surface area contributed by atoms with Crippen molar-refractivity contribution in [3.05, 3.63) is 0 Å². The zero-order valence-electron chi connectivity index (χ0n) is 13.0. The maximum atomic E-state index is 12.8. The minimum atomic E-state index is 0.0268. The van der Waals surface area contributed by atoms with Crippen molar-refractivity contribution in [2.24, 2.45) is 11.8 Å². The van der Waals surface area contributed by atoms with Crippen LogP contribution in [0.25, 0.3) is 0 Å². The SMILES string of the molecule is CNCC1CCCN1C(=O)C1CCCN(C(=O)C2CC2)C1. The van der Waals surface area contributed by atoms with Gasteiger partial charge < -0.3 is 15.1 Å². The first-order valence-corrected chi connectivity index (χ1v) is 8.44. The molecule has 0 radical (unpaired) electrons. The predicted octanol–water partition coefficient (Wildman–Crippen LogP) is 0.845. The molecule has 0 spiro atoms. The minimum absolute atomic E-state index is 0.0268. The lowest BCUT2D eigenvalue weighted by atomic mass is 9.95. The Hall–Kier alpha value is -1.10. The normalized spacial score (nSPS) is 29.8. The summed E-state index contributed by atoms with van der Waals surface area (Å²) in [5, 5.41) is 3.19. The zero-order valence-corrected chi connectivity index (χ0v) is 13.0. The molecule has 3 aliphatic rings. The van der Waals surface area contributed by atoms with Gasteiger partial charge in [0.25, 0.3) is 0 Å². The van der Waals surface area contributed by atoms with Crippen molar-refractivity contribution >= 4 is 11.8 Å². The molecule has 2 aliphatic heterocycles. The lowest BCUT2D eigenvalue weighted by Gasteiger charge is -2.35. The summed E-state index contributed by atoms with van der Waals surface area (Å²) in [7, 11) is 1.94. The highest BCUT2D eigenvalue weighted by Gasteiger charge is 2.39. The highest BCUT2D eigenvalue weighted by Crippen LogP contribution is 2.33. The van der Waals surface area contributed by atoms with Crippen LogP contribution in [0.15, 0.2) is 0 Å². The van der Waals surface area contributed by atoms with E-state index in [9.17, 15) is 9.59 Å². The van der Waals surface area contributed by atoms with Gasteiger partial charge in [-0.3, -0.25) is 9.59 Å². The molecule has 3 rings (SSSR count). The second-order valence-electron chi connectivity index (χ2n) is 6.78. The molecule has 2 amide bonds. The number of rotatable bonds is 4. The molecule has 2 unspecified atom stereocenters.